The molecule has 2 aliphatic rings. The van der Waals surface area contributed by atoms with Gasteiger partial charge < -0.3 is 18.9 Å². The first kappa shape index (κ1) is 14.3. The van der Waals surface area contributed by atoms with E-state index in [-0.39, 0.29) is 0 Å². The molecular formula is C14H26O4. The van der Waals surface area contributed by atoms with E-state index in [4.69, 9.17) is 18.9 Å². The van der Waals surface area contributed by atoms with Crippen molar-refractivity contribution >= 4 is 0 Å². The Hall–Kier alpha value is -0.160. The third-order valence-corrected chi connectivity index (χ3v) is 3.56. The molecule has 2 fully saturated rings. The van der Waals surface area contributed by atoms with E-state index in [0.29, 0.717) is 24.2 Å². The maximum absolute atomic E-state index is 6.00. The SMILES string of the molecule is CCCC(OCC1CO1)C(CC)COCC1CO1. The zero-order chi connectivity index (χ0) is 12.8. The largest absolute Gasteiger partial charge is 0.378 e. The summed E-state index contributed by atoms with van der Waals surface area (Å²) >= 11 is 0. The predicted octanol–water partition coefficient (Wildman–Crippen LogP) is 2.01. The Balaban J connectivity index is 1.67. The minimum Gasteiger partial charge on any atom is -0.378 e. The lowest BCUT2D eigenvalue weighted by Crippen LogP contribution is -2.29. The number of rotatable bonds is 11. The Morgan fingerprint density at radius 2 is 1.78 bits per heavy atom. The van der Waals surface area contributed by atoms with Crippen LogP contribution in [-0.2, 0) is 18.9 Å². The monoisotopic (exact) mass is 258 g/mol. The standard InChI is InChI=1S/C14H26O4/c1-3-5-14(18-10-13-9-17-13)11(4-2)6-15-7-12-8-16-12/h11-14H,3-10H2,1-2H3. The van der Waals surface area contributed by atoms with Crippen LogP contribution in [0.1, 0.15) is 33.1 Å². The van der Waals surface area contributed by atoms with Crippen molar-refractivity contribution in [1.29, 1.82) is 0 Å². The molecule has 0 spiro atoms. The zero-order valence-electron chi connectivity index (χ0n) is 11.6. The zero-order valence-corrected chi connectivity index (χ0v) is 11.6. The Morgan fingerprint density at radius 3 is 2.33 bits per heavy atom. The van der Waals surface area contributed by atoms with Crippen LogP contribution in [-0.4, -0.2) is 51.3 Å². The molecule has 0 aliphatic carbocycles. The first-order valence-electron chi connectivity index (χ1n) is 7.26. The maximum atomic E-state index is 6.00. The van der Waals surface area contributed by atoms with Gasteiger partial charge in [0.15, 0.2) is 0 Å². The van der Waals surface area contributed by atoms with Crippen LogP contribution in [0.5, 0.6) is 0 Å². The average molecular weight is 258 g/mol. The van der Waals surface area contributed by atoms with Gasteiger partial charge >= 0.3 is 0 Å². The molecule has 0 amide bonds. The van der Waals surface area contributed by atoms with Crippen molar-refractivity contribution in [2.24, 2.45) is 5.92 Å². The van der Waals surface area contributed by atoms with Gasteiger partial charge in [-0.05, 0) is 12.8 Å². The molecule has 2 saturated heterocycles. The number of ether oxygens (including phenoxy) is 4. The Kier molecular flexibility index (Phi) is 5.89. The molecule has 18 heavy (non-hydrogen) atoms. The highest BCUT2D eigenvalue weighted by molar-refractivity contribution is 4.74. The highest BCUT2D eigenvalue weighted by Gasteiger charge is 2.28. The number of hydrogen-bond acceptors (Lipinski definition) is 4. The summed E-state index contributed by atoms with van der Waals surface area (Å²) in [5.41, 5.74) is 0. The third kappa shape index (κ3) is 5.22. The summed E-state index contributed by atoms with van der Waals surface area (Å²) in [6.07, 6.45) is 4.37. The van der Waals surface area contributed by atoms with Gasteiger partial charge in [0.1, 0.15) is 12.2 Å². The van der Waals surface area contributed by atoms with Crippen molar-refractivity contribution in [1.82, 2.24) is 0 Å². The van der Waals surface area contributed by atoms with Crippen LogP contribution in [0, 0.1) is 5.92 Å². The molecule has 2 heterocycles. The van der Waals surface area contributed by atoms with Crippen LogP contribution in [0.2, 0.25) is 0 Å². The van der Waals surface area contributed by atoms with Crippen molar-refractivity contribution in [3.05, 3.63) is 0 Å². The van der Waals surface area contributed by atoms with Crippen LogP contribution >= 0.6 is 0 Å². The minimum atomic E-state index is 0.310. The van der Waals surface area contributed by atoms with Crippen molar-refractivity contribution in [2.75, 3.05) is 33.0 Å². The predicted molar refractivity (Wildman–Crippen MR) is 68.7 cm³/mol. The number of hydrogen-bond donors (Lipinski definition) is 0. The van der Waals surface area contributed by atoms with Gasteiger partial charge in [0.25, 0.3) is 0 Å². The van der Waals surface area contributed by atoms with Crippen molar-refractivity contribution < 1.29 is 18.9 Å². The fourth-order valence-corrected chi connectivity index (χ4v) is 2.14. The first-order valence-corrected chi connectivity index (χ1v) is 7.26. The molecule has 2 rings (SSSR count). The molecule has 106 valence electrons. The van der Waals surface area contributed by atoms with Gasteiger partial charge in [-0.2, -0.15) is 0 Å². The summed E-state index contributed by atoms with van der Waals surface area (Å²) in [5, 5.41) is 0. The molecule has 0 aromatic rings. The minimum absolute atomic E-state index is 0.310. The normalized spacial score (nSPS) is 29.0. The molecule has 0 aromatic carbocycles. The lowest BCUT2D eigenvalue weighted by atomic mass is 9.96. The Bertz CT molecular complexity index is 226. The van der Waals surface area contributed by atoms with Gasteiger partial charge in [0.05, 0.1) is 39.1 Å². The quantitative estimate of drug-likeness (QED) is 0.532. The molecule has 0 saturated carbocycles. The van der Waals surface area contributed by atoms with Crippen molar-refractivity contribution in [2.45, 2.75) is 51.4 Å². The van der Waals surface area contributed by atoms with Crippen LogP contribution < -0.4 is 0 Å². The molecule has 4 nitrogen and oxygen atoms in total. The van der Waals surface area contributed by atoms with E-state index in [2.05, 4.69) is 13.8 Å². The fraction of sp³-hybridized carbons (Fsp3) is 1.00. The lowest BCUT2D eigenvalue weighted by molar-refractivity contribution is -0.0346. The topological polar surface area (TPSA) is 43.5 Å². The van der Waals surface area contributed by atoms with Gasteiger partial charge in [-0.1, -0.05) is 20.3 Å². The van der Waals surface area contributed by atoms with Crippen LogP contribution in [0.25, 0.3) is 0 Å². The van der Waals surface area contributed by atoms with Gasteiger partial charge in [-0.25, -0.2) is 0 Å². The number of epoxide rings is 2. The van der Waals surface area contributed by atoms with Gasteiger partial charge in [0, 0.05) is 5.92 Å². The summed E-state index contributed by atoms with van der Waals surface area (Å²) < 4.78 is 22.1. The maximum Gasteiger partial charge on any atom is 0.104 e. The summed E-state index contributed by atoms with van der Waals surface area (Å²) in [6, 6.07) is 0. The Morgan fingerprint density at radius 1 is 1.11 bits per heavy atom. The third-order valence-electron chi connectivity index (χ3n) is 3.56. The molecule has 4 unspecified atom stereocenters. The summed E-state index contributed by atoms with van der Waals surface area (Å²) in [7, 11) is 0. The molecule has 4 heteroatoms. The van der Waals surface area contributed by atoms with Gasteiger partial charge in [-0.15, -0.1) is 0 Å². The molecular weight excluding hydrogens is 232 g/mol. The van der Waals surface area contributed by atoms with E-state index in [9.17, 15) is 0 Å². The van der Waals surface area contributed by atoms with E-state index in [1.807, 2.05) is 0 Å². The van der Waals surface area contributed by atoms with Crippen molar-refractivity contribution in [3.63, 3.8) is 0 Å². The van der Waals surface area contributed by atoms with E-state index in [1.54, 1.807) is 0 Å². The second kappa shape index (κ2) is 7.43. The average Bonchev–Trinajstić information content (AvgIpc) is 3.25. The molecule has 0 bridgehead atoms. The smallest absolute Gasteiger partial charge is 0.104 e. The first-order chi connectivity index (χ1) is 8.83. The molecule has 0 aromatic heterocycles. The van der Waals surface area contributed by atoms with E-state index < -0.39 is 0 Å². The second-order valence-corrected chi connectivity index (χ2v) is 5.28. The molecule has 0 N–H and O–H groups in total. The Labute approximate surface area is 110 Å². The van der Waals surface area contributed by atoms with Crippen LogP contribution in [0.3, 0.4) is 0 Å². The van der Waals surface area contributed by atoms with Crippen LogP contribution in [0.4, 0.5) is 0 Å². The van der Waals surface area contributed by atoms with E-state index in [1.165, 1.54) is 0 Å². The highest BCUT2D eigenvalue weighted by Crippen LogP contribution is 2.21. The summed E-state index contributed by atoms with van der Waals surface area (Å²) in [5.74, 6) is 0.488. The van der Waals surface area contributed by atoms with Crippen molar-refractivity contribution in [3.8, 4) is 0 Å². The fourth-order valence-electron chi connectivity index (χ4n) is 2.14. The lowest BCUT2D eigenvalue weighted by Gasteiger charge is -2.26. The van der Waals surface area contributed by atoms with E-state index >= 15 is 0 Å². The molecule has 4 atom stereocenters. The van der Waals surface area contributed by atoms with Gasteiger partial charge in [0.2, 0.25) is 0 Å². The summed E-state index contributed by atoms with van der Waals surface area (Å²) in [4.78, 5) is 0. The van der Waals surface area contributed by atoms with Gasteiger partial charge in [-0.3, -0.25) is 0 Å². The van der Waals surface area contributed by atoms with Crippen LogP contribution in [0.15, 0.2) is 0 Å². The summed E-state index contributed by atoms with van der Waals surface area (Å²) in [6.45, 7) is 8.41. The van der Waals surface area contributed by atoms with E-state index in [0.717, 1.165) is 52.3 Å². The second-order valence-electron chi connectivity index (χ2n) is 5.28. The molecule has 0 radical (unpaired) electrons. The highest BCUT2D eigenvalue weighted by atomic mass is 16.6. The molecule has 2 aliphatic heterocycles.